The van der Waals surface area contributed by atoms with Gasteiger partial charge in [-0.3, -0.25) is 16.1 Å². The van der Waals surface area contributed by atoms with Crippen LogP contribution in [0.4, 0.5) is 0 Å². The fraction of sp³-hybridized carbons (Fsp3) is 0.435. The lowest BCUT2D eigenvalue weighted by Crippen LogP contribution is -2.53. The summed E-state index contributed by atoms with van der Waals surface area (Å²) >= 11 is 12.4. The number of aliphatic imine (C=N–C) groups is 1. The van der Waals surface area contributed by atoms with Gasteiger partial charge < -0.3 is 9.64 Å². The Labute approximate surface area is 198 Å². The second kappa shape index (κ2) is 9.45. The number of nitrogens with one attached hydrogen (secondary N) is 2. The number of hydrogen-bond acceptors (Lipinski definition) is 7. The molecule has 0 saturated carbocycles. The topological polar surface area (TPSA) is 78.2 Å². The molecule has 170 valence electrons. The number of hydrazine groups is 1. The van der Waals surface area contributed by atoms with Gasteiger partial charge in [0.05, 0.1) is 0 Å². The number of guanidine groups is 1. The standard InChI is InChI=1S/C23H28Cl2N6O/c24-17-3-1-15(2-4-17)11-20-14-32-21-6-5-18(25)12-16(21)13-31(20)19-7-9-30(10-8-19)23-27-22(26)28-29-23/h1-6,12,19-20,22,28H,7-11,13-14,26H2,(H,27,29). The minimum absolute atomic E-state index is 0.260. The van der Waals surface area contributed by atoms with E-state index in [0.717, 1.165) is 66.2 Å². The summed E-state index contributed by atoms with van der Waals surface area (Å²) in [6.45, 7) is 3.33. The molecular weight excluding hydrogens is 447 g/mol. The number of nitrogens with two attached hydrogens (primary N) is 1. The second-order valence-corrected chi connectivity index (χ2v) is 9.48. The van der Waals surface area contributed by atoms with Crippen LogP contribution in [0, 0.1) is 0 Å². The van der Waals surface area contributed by atoms with E-state index >= 15 is 0 Å². The van der Waals surface area contributed by atoms with Crippen LogP contribution in [0.1, 0.15) is 24.0 Å². The van der Waals surface area contributed by atoms with Crippen LogP contribution in [0.3, 0.4) is 0 Å². The average molecular weight is 475 g/mol. The van der Waals surface area contributed by atoms with Crippen molar-refractivity contribution >= 4 is 29.2 Å². The molecule has 0 amide bonds. The van der Waals surface area contributed by atoms with Gasteiger partial charge in [0, 0.05) is 47.3 Å². The Hall–Kier alpha value is -2.03. The maximum atomic E-state index is 6.32. The van der Waals surface area contributed by atoms with E-state index in [-0.39, 0.29) is 12.3 Å². The van der Waals surface area contributed by atoms with Crippen LogP contribution in [-0.2, 0) is 13.0 Å². The van der Waals surface area contributed by atoms with E-state index in [0.29, 0.717) is 12.6 Å². The van der Waals surface area contributed by atoms with E-state index in [1.165, 1.54) is 5.56 Å². The SMILES string of the molecule is NC1N=C(N2CCC(N3Cc4cc(Cl)ccc4OCC3Cc3ccc(Cl)cc3)CC2)NN1. The van der Waals surface area contributed by atoms with E-state index in [1.807, 2.05) is 30.3 Å². The number of nitrogens with zero attached hydrogens (tertiary/aromatic N) is 3. The third kappa shape index (κ3) is 4.82. The van der Waals surface area contributed by atoms with Gasteiger partial charge in [-0.05, 0) is 55.2 Å². The summed E-state index contributed by atoms with van der Waals surface area (Å²) in [6.07, 6.45) is 2.62. The van der Waals surface area contributed by atoms with Crippen molar-refractivity contribution in [1.82, 2.24) is 20.7 Å². The van der Waals surface area contributed by atoms with E-state index < -0.39 is 0 Å². The molecule has 0 bridgehead atoms. The molecule has 3 heterocycles. The quantitative estimate of drug-likeness (QED) is 0.634. The van der Waals surface area contributed by atoms with Crippen molar-refractivity contribution in [2.45, 2.75) is 44.2 Å². The summed E-state index contributed by atoms with van der Waals surface area (Å²) in [5.74, 6) is 1.77. The number of ether oxygens (including phenoxy) is 1. The molecule has 2 aromatic carbocycles. The highest BCUT2D eigenvalue weighted by atomic mass is 35.5. The summed E-state index contributed by atoms with van der Waals surface area (Å²) in [4.78, 5) is 9.30. The van der Waals surface area contributed by atoms with Crippen molar-refractivity contribution in [2.24, 2.45) is 10.7 Å². The largest absolute Gasteiger partial charge is 0.492 e. The molecule has 3 aliphatic rings. The second-order valence-electron chi connectivity index (χ2n) is 8.60. The van der Waals surface area contributed by atoms with Crippen molar-refractivity contribution in [2.75, 3.05) is 19.7 Å². The Morgan fingerprint density at radius 1 is 1.06 bits per heavy atom. The number of hydrogen-bond donors (Lipinski definition) is 3. The van der Waals surface area contributed by atoms with E-state index in [1.54, 1.807) is 0 Å². The van der Waals surface area contributed by atoms with Gasteiger partial charge >= 0.3 is 0 Å². The molecule has 5 rings (SSSR count). The van der Waals surface area contributed by atoms with Crippen LogP contribution in [0.5, 0.6) is 5.75 Å². The first-order chi connectivity index (χ1) is 15.5. The molecule has 1 fully saturated rings. The fourth-order valence-corrected chi connectivity index (χ4v) is 5.14. The molecule has 0 aromatic heterocycles. The Bertz CT molecular complexity index is 977. The van der Waals surface area contributed by atoms with Crippen molar-refractivity contribution in [3.8, 4) is 5.75 Å². The van der Waals surface area contributed by atoms with Gasteiger partial charge in [-0.15, -0.1) is 0 Å². The lowest BCUT2D eigenvalue weighted by molar-refractivity contribution is 0.0667. The van der Waals surface area contributed by atoms with Gasteiger partial charge in [-0.2, -0.15) is 5.43 Å². The Morgan fingerprint density at radius 3 is 2.53 bits per heavy atom. The summed E-state index contributed by atoms with van der Waals surface area (Å²) in [5, 5.41) is 1.50. The number of benzene rings is 2. The average Bonchev–Trinajstić information content (AvgIpc) is 3.15. The summed E-state index contributed by atoms with van der Waals surface area (Å²) < 4.78 is 6.26. The number of fused-ring (bicyclic) bond motifs is 1. The molecule has 4 N–H and O–H groups in total. The molecule has 2 aromatic rings. The van der Waals surface area contributed by atoms with Crippen molar-refractivity contribution in [3.05, 3.63) is 63.6 Å². The Morgan fingerprint density at radius 2 is 1.81 bits per heavy atom. The normalized spacial score (nSPS) is 24.3. The van der Waals surface area contributed by atoms with Crippen molar-refractivity contribution < 1.29 is 4.74 Å². The van der Waals surface area contributed by atoms with Gasteiger partial charge in [-0.1, -0.05) is 35.3 Å². The molecule has 2 unspecified atom stereocenters. The first kappa shape index (κ1) is 21.8. The van der Waals surface area contributed by atoms with Gasteiger partial charge in [-0.25, -0.2) is 4.99 Å². The van der Waals surface area contributed by atoms with Crippen LogP contribution in [0.2, 0.25) is 10.0 Å². The van der Waals surface area contributed by atoms with E-state index in [2.05, 4.69) is 37.8 Å². The van der Waals surface area contributed by atoms with Gasteiger partial charge in [0.1, 0.15) is 12.4 Å². The highest BCUT2D eigenvalue weighted by molar-refractivity contribution is 6.30. The molecule has 2 atom stereocenters. The summed E-state index contributed by atoms with van der Waals surface area (Å²) in [7, 11) is 0. The van der Waals surface area contributed by atoms with Crippen LogP contribution in [0.25, 0.3) is 0 Å². The van der Waals surface area contributed by atoms with Gasteiger partial charge in [0.15, 0.2) is 6.29 Å². The minimum Gasteiger partial charge on any atom is -0.492 e. The zero-order valence-electron chi connectivity index (χ0n) is 17.8. The molecule has 1 saturated heterocycles. The lowest BCUT2D eigenvalue weighted by atomic mass is 9.97. The van der Waals surface area contributed by atoms with Crippen molar-refractivity contribution in [1.29, 1.82) is 0 Å². The maximum absolute atomic E-state index is 6.32. The van der Waals surface area contributed by atoms with Crippen molar-refractivity contribution in [3.63, 3.8) is 0 Å². The summed E-state index contributed by atoms with van der Waals surface area (Å²) in [5.41, 5.74) is 14.3. The van der Waals surface area contributed by atoms with Crippen LogP contribution in [-0.4, -0.2) is 53.8 Å². The molecule has 0 spiro atoms. The lowest BCUT2D eigenvalue weighted by Gasteiger charge is -2.41. The van der Waals surface area contributed by atoms with E-state index in [9.17, 15) is 0 Å². The maximum Gasteiger partial charge on any atom is 0.211 e. The van der Waals surface area contributed by atoms with Crippen LogP contribution < -0.4 is 21.3 Å². The predicted molar refractivity (Wildman–Crippen MR) is 128 cm³/mol. The number of halogens is 2. The molecule has 32 heavy (non-hydrogen) atoms. The zero-order valence-corrected chi connectivity index (χ0v) is 19.3. The molecule has 7 nitrogen and oxygen atoms in total. The highest BCUT2D eigenvalue weighted by Crippen LogP contribution is 2.32. The Balaban J connectivity index is 1.35. The molecule has 9 heteroatoms. The number of piperidine rings is 1. The highest BCUT2D eigenvalue weighted by Gasteiger charge is 2.34. The van der Waals surface area contributed by atoms with Crippen LogP contribution in [0.15, 0.2) is 47.5 Å². The first-order valence-electron chi connectivity index (χ1n) is 11.1. The number of rotatable bonds is 3. The molecular formula is C23H28Cl2N6O. The number of likely N-dealkylation sites (tertiary alicyclic amines) is 1. The third-order valence-electron chi connectivity index (χ3n) is 6.49. The van der Waals surface area contributed by atoms with E-state index in [4.69, 9.17) is 33.7 Å². The Kier molecular flexibility index (Phi) is 6.44. The molecule has 0 aliphatic carbocycles. The van der Waals surface area contributed by atoms with Crippen LogP contribution >= 0.6 is 23.2 Å². The zero-order chi connectivity index (χ0) is 22.1. The monoisotopic (exact) mass is 474 g/mol. The predicted octanol–water partition coefficient (Wildman–Crippen LogP) is 2.97. The fourth-order valence-electron chi connectivity index (χ4n) is 4.82. The van der Waals surface area contributed by atoms with Gasteiger partial charge in [0.25, 0.3) is 0 Å². The minimum atomic E-state index is -0.379. The molecule has 0 radical (unpaired) electrons. The van der Waals surface area contributed by atoms with Gasteiger partial charge in [0.2, 0.25) is 5.96 Å². The first-order valence-corrected chi connectivity index (χ1v) is 11.8. The third-order valence-corrected chi connectivity index (χ3v) is 6.97. The summed E-state index contributed by atoms with van der Waals surface area (Å²) in [6, 6.07) is 14.8. The molecule has 3 aliphatic heterocycles. The smallest absolute Gasteiger partial charge is 0.211 e.